The highest BCUT2D eigenvalue weighted by Crippen LogP contribution is 1.86. The van der Waals surface area contributed by atoms with Gasteiger partial charge in [0.1, 0.15) is 0 Å². The lowest BCUT2D eigenvalue weighted by atomic mass is 10.4. The van der Waals surface area contributed by atoms with E-state index < -0.39 is 0 Å². The number of amides is 1. The molecule has 0 aromatic carbocycles. The van der Waals surface area contributed by atoms with E-state index in [1.54, 1.807) is 0 Å². The first-order valence-corrected chi connectivity index (χ1v) is 4.80. The van der Waals surface area contributed by atoms with Crippen LogP contribution >= 0.6 is 0 Å². The summed E-state index contributed by atoms with van der Waals surface area (Å²) in [6.45, 7) is 7.99. The van der Waals surface area contributed by atoms with Crippen LogP contribution in [0.15, 0.2) is 12.2 Å². The third kappa shape index (κ3) is 9.22. The van der Waals surface area contributed by atoms with Crippen LogP contribution < -0.4 is 10.6 Å². The highest BCUT2D eigenvalue weighted by atomic mass is 16.5. The predicted molar refractivity (Wildman–Crippen MR) is 57.2 cm³/mol. The fourth-order valence-corrected chi connectivity index (χ4v) is 0.836. The molecule has 0 aliphatic rings. The number of carbonyl (C=O) groups is 1. The molecule has 0 aromatic rings. The van der Waals surface area contributed by atoms with E-state index in [1.165, 1.54) is 0 Å². The Labute approximate surface area is 85.7 Å². The molecule has 4 nitrogen and oxygen atoms in total. The molecular formula is C10H20N2O2. The summed E-state index contributed by atoms with van der Waals surface area (Å²) in [5, 5.41) is 5.67. The van der Waals surface area contributed by atoms with Crippen molar-refractivity contribution in [3.8, 4) is 0 Å². The standard InChI is InChI=1S/C10H20N2O2/c1-9(2)8-14-7-6-12-10(13)4-5-11-3/h11H,1,4-8H2,2-3H3,(H,12,13). The maximum Gasteiger partial charge on any atom is 0.221 e. The van der Waals surface area contributed by atoms with Gasteiger partial charge in [0.25, 0.3) is 0 Å². The average molecular weight is 200 g/mol. The molecule has 0 aromatic heterocycles. The van der Waals surface area contributed by atoms with Crippen LogP contribution in [0.25, 0.3) is 0 Å². The first-order chi connectivity index (χ1) is 6.66. The van der Waals surface area contributed by atoms with Crippen molar-refractivity contribution >= 4 is 5.91 Å². The quantitative estimate of drug-likeness (QED) is 0.438. The Morgan fingerprint density at radius 2 is 2.14 bits per heavy atom. The molecule has 0 rings (SSSR count). The fourth-order valence-electron chi connectivity index (χ4n) is 0.836. The van der Waals surface area contributed by atoms with Gasteiger partial charge in [-0.05, 0) is 14.0 Å². The molecule has 0 aliphatic heterocycles. The minimum Gasteiger partial charge on any atom is -0.375 e. The minimum atomic E-state index is 0.0540. The monoisotopic (exact) mass is 200 g/mol. The average Bonchev–Trinajstić information content (AvgIpc) is 2.13. The van der Waals surface area contributed by atoms with Gasteiger partial charge in [-0.1, -0.05) is 12.2 Å². The number of ether oxygens (including phenoxy) is 1. The van der Waals surface area contributed by atoms with E-state index in [-0.39, 0.29) is 5.91 Å². The van der Waals surface area contributed by atoms with Crippen molar-refractivity contribution in [2.75, 3.05) is 33.4 Å². The smallest absolute Gasteiger partial charge is 0.221 e. The molecule has 0 spiro atoms. The van der Waals surface area contributed by atoms with Gasteiger partial charge in [0, 0.05) is 19.5 Å². The van der Waals surface area contributed by atoms with Crippen LogP contribution in [-0.4, -0.2) is 39.3 Å². The summed E-state index contributed by atoms with van der Waals surface area (Å²) in [4.78, 5) is 11.1. The van der Waals surface area contributed by atoms with Crippen LogP contribution in [0.3, 0.4) is 0 Å². The first-order valence-electron chi connectivity index (χ1n) is 4.80. The topological polar surface area (TPSA) is 50.4 Å². The van der Waals surface area contributed by atoms with Gasteiger partial charge in [-0.3, -0.25) is 4.79 Å². The summed E-state index contributed by atoms with van der Waals surface area (Å²) in [6.07, 6.45) is 0.511. The Morgan fingerprint density at radius 1 is 1.43 bits per heavy atom. The van der Waals surface area contributed by atoms with Crippen LogP contribution in [0.5, 0.6) is 0 Å². The normalized spacial score (nSPS) is 9.86. The number of hydrogen-bond acceptors (Lipinski definition) is 3. The Balaban J connectivity index is 3.19. The lowest BCUT2D eigenvalue weighted by molar-refractivity contribution is -0.121. The zero-order valence-corrected chi connectivity index (χ0v) is 9.06. The molecule has 0 aliphatic carbocycles. The Bertz CT molecular complexity index is 181. The number of hydrogen-bond donors (Lipinski definition) is 2. The fraction of sp³-hybridized carbons (Fsp3) is 0.700. The van der Waals surface area contributed by atoms with Crippen molar-refractivity contribution in [1.82, 2.24) is 10.6 Å². The molecule has 82 valence electrons. The Hall–Kier alpha value is -0.870. The summed E-state index contributed by atoms with van der Waals surface area (Å²) in [7, 11) is 1.82. The zero-order valence-electron chi connectivity index (χ0n) is 9.06. The molecule has 4 heteroatoms. The molecule has 1 amide bonds. The first kappa shape index (κ1) is 13.1. The van der Waals surface area contributed by atoms with Crippen LogP contribution in [0.4, 0.5) is 0 Å². The van der Waals surface area contributed by atoms with E-state index in [9.17, 15) is 4.79 Å². The molecule has 0 saturated heterocycles. The second-order valence-corrected chi connectivity index (χ2v) is 3.21. The third-order valence-corrected chi connectivity index (χ3v) is 1.52. The van der Waals surface area contributed by atoms with E-state index >= 15 is 0 Å². The van der Waals surface area contributed by atoms with Crippen LogP contribution in [0.2, 0.25) is 0 Å². The molecule has 0 bridgehead atoms. The zero-order chi connectivity index (χ0) is 10.8. The van der Waals surface area contributed by atoms with Crippen molar-refractivity contribution in [2.45, 2.75) is 13.3 Å². The molecule has 0 fully saturated rings. The van der Waals surface area contributed by atoms with E-state index in [0.717, 1.165) is 5.57 Å². The highest BCUT2D eigenvalue weighted by Gasteiger charge is 1.98. The largest absolute Gasteiger partial charge is 0.375 e. The van der Waals surface area contributed by atoms with Gasteiger partial charge in [-0.15, -0.1) is 0 Å². The van der Waals surface area contributed by atoms with Crippen LogP contribution in [0, 0.1) is 0 Å². The summed E-state index contributed by atoms with van der Waals surface area (Å²) in [5.74, 6) is 0.0540. The molecule has 0 saturated carbocycles. The number of rotatable bonds is 8. The number of nitrogens with one attached hydrogen (secondary N) is 2. The molecular weight excluding hydrogens is 180 g/mol. The summed E-state index contributed by atoms with van der Waals surface area (Å²) >= 11 is 0. The van der Waals surface area contributed by atoms with Gasteiger partial charge in [0.2, 0.25) is 5.91 Å². The van der Waals surface area contributed by atoms with Crippen molar-refractivity contribution in [1.29, 1.82) is 0 Å². The van der Waals surface area contributed by atoms with E-state index in [1.807, 2.05) is 14.0 Å². The number of carbonyl (C=O) groups excluding carboxylic acids is 1. The van der Waals surface area contributed by atoms with Gasteiger partial charge >= 0.3 is 0 Å². The second kappa shape index (κ2) is 8.72. The Kier molecular flexibility index (Phi) is 8.17. The summed E-state index contributed by atoms with van der Waals surface area (Å²) in [5.41, 5.74) is 0.992. The lowest BCUT2D eigenvalue weighted by Gasteiger charge is -2.05. The maximum absolute atomic E-state index is 11.1. The van der Waals surface area contributed by atoms with Gasteiger partial charge in [-0.2, -0.15) is 0 Å². The molecule has 0 radical (unpaired) electrons. The highest BCUT2D eigenvalue weighted by molar-refractivity contribution is 5.75. The molecule has 2 N–H and O–H groups in total. The van der Waals surface area contributed by atoms with E-state index in [2.05, 4.69) is 17.2 Å². The van der Waals surface area contributed by atoms with Gasteiger partial charge < -0.3 is 15.4 Å². The molecule has 0 unspecified atom stereocenters. The molecule has 0 atom stereocenters. The third-order valence-electron chi connectivity index (χ3n) is 1.52. The Morgan fingerprint density at radius 3 is 2.71 bits per heavy atom. The van der Waals surface area contributed by atoms with Crippen molar-refractivity contribution < 1.29 is 9.53 Å². The van der Waals surface area contributed by atoms with E-state index in [4.69, 9.17) is 4.74 Å². The predicted octanol–water partition coefficient (Wildman–Crippen LogP) is 0.305. The lowest BCUT2D eigenvalue weighted by Crippen LogP contribution is -2.29. The van der Waals surface area contributed by atoms with Crippen LogP contribution in [0.1, 0.15) is 13.3 Å². The second-order valence-electron chi connectivity index (χ2n) is 3.21. The molecule has 14 heavy (non-hydrogen) atoms. The van der Waals surface area contributed by atoms with Gasteiger partial charge in [0.15, 0.2) is 0 Å². The minimum absolute atomic E-state index is 0.0540. The summed E-state index contributed by atoms with van der Waals surface area (Å²) < 4.78 is 5.22. The van der Waals surface area contributed by atoms with Crippen molar-refractivity contribution in [3.63, 3.8) is 0 Å². The molecule has 0 heterocycles. The maximum atomic E-state index is 11.1. The van der Waals surface area contributed by atoms with Gasteiger partial charge in [0.05, 0.1) is 13.2 Å². The van der Waals surface area contributed by atoms with Gasteiger partial charge in [-0.25, -0.2) is 0 Å². The van der Waals surface area contributed by atoms with Crippen molar-refractivity contribution in [3.05, 3.63) is 12.2 Å². The van der Waals surface area contributed by atoms with E-state index in [0.29, 0.717) is 32.7 Å². The van der Waals surface area contributed by atoms with Crippen molar-refractivity contribution in [2.24, 2.45) is 0 Å². The SMILES string of the molecule is C=C(C)COCCNC(=O)CCNC. The summed E-state index contributed by atoms with van der Waals surface area (Å²) in [6, 6.07) is 0. The van der Waals surface area contributed by atoms with Crippen LogP contribution in [-0.2, 0) is 9.53 Å².